The van der Waals surface area contributed by atoms with Crippen LogP contribution >= 0.6 is 0 Å². The van der Waals surface area contributed by atoms with Crippen LogP contribution in [0.25, 0.3) is 0 Å². The van der Waals surface area contributed by atoms with Gasteiger partial charge in [0.15, 0.2) is 9.84 Å². The molecular weight excluding hydrogens is 352 g/mol. The number of rotatable bonds is 5. The number of nitrogens with one attached hydrogen (secondary N) is 1. The summed E-state index contributed by atoms with van der Waals surface area (Å²) in [5, 5.41) is 3.06. The van der Waals surface area contributed by atoms with E-state index >= 15 is 0 Å². The Kier molecular flexibility index (Phi) is 5.51. The van der Waals surface area contributed by atoms with Gasteiger partial charge in [-0.3, -0.25) is 4.79 Å². The van der Waals surface area contributed by atoms with E-state index in [1.165, 1.54) is 18.4 Å². The van der Waals surface area contributed by atoms with Crippen molar-refractivity contribution in [2.45, 2.75) is 30.2 Å². The van der Waals surface area contributed by atoms with Crippen LogP contribution in [-0.4, -0.2) is 49.7 Å². The fourth-order valence-corrected chi connectivity index (χ4v) is 3.68. The molecule has 7 nitrogen and oxygen atoms in total. The SMILES string of the molecule is CS(=O)(=O)c1ccc(CC(=O)N[C@H]2CCCN(c3ncccn3)C2)cc1. The first kappa shape index (κ1) is 18.3. The Balaban J connectivity index is 1.56. The molecule has 8 heteroatoms. The number of anilines is 1. The zero-order valence-corrected chi connectivity index (χ0v) is 15.4. The second-order valence-electron chi connectivity index (χ2n) is 6.49. The normalized spacial score (nSPS) is 17.7. The molecule has 1 aromatic carbocycles. The molecule has 1 fully saturated rings. The lowest BCUT2D eigenvalue weighted by molar-refractivity contribution is -0.121. The monoisotopic (exact) mass is 374 g/mol. The van der Waals surface area contributed by atoms with E-state index in [0.717, 1.165) is 24.9 Å². The van der Waals surface area contributed by atoms with E-state index in [2.05, 4.69) is 20.2 Å². The standard InChI is InChI=1S/C18H22N4O3S/c1-26(24,25)16-7-5-14(6-8-16)12-17(23)21-15-4-2-11-22(13-15)18-19-9-3-10-20-18/h3,5-10,15H,2,4,11-13H2,1H3,(H,21,23)/t15-/m0/s1. The Bertz CT molecular complexity index is 854. The zero-order chi connectivity index (χ0) is 18.6. The van der Waals surface area contributed by atoms with Gasteiger partial charge in [-0.05, 0) is 36.6 Å². The Morgan fingerprint density at radius 1 is 1.23 bits per heavy atom. The van der Waals surface area contributed by atoms with Crippen LogP contribution in [0.15, 0.2) is 47.6 Å². The van der Waals surface area contributed by atoms with Crippen molar-refractivity contribution < 1.29 is 13.2 Å². The Hall–Kier alpha value is -2.48. The summed E-state index contributed by atoms with van der Waals surface area (Å²) in [6, 6.07) is 8.26. The molecule has 1 amide bonds. The van der Waals surface area contributed by atoms with Gasteiger partial charge in [0.2, 0.25) is 11.9 Å². The van der Waals surface area contributed by atoms with E-state index in [1.54, 1.807) is 30.6 Å². The highest BCUT2D eigenvalue weighted by Gasteiger charge is 2.23. The highest BCUT2D eigenvalue weighted by Crippen LogP contribution is 2.16. The quantitative estimate of drug-likeness (QED) is 0.846. The number of hydrogen-bond donors (Lipinski definition) is 1. The van der Waals surface area contributed by atoms with Gasteiger partial charge in [0.25, 0.3) is 0 Å². The second kappa shape index (κ2) is 7.82. The van der Waals surface area contributed by atoms with Crippen LogP contribution in [0, 0.1) is 0 Å². The van der Waals surface area contributed by atoms with Gasteiger partial charge in [-0.1, -0.05) is 12.1 Å². The van der Waals surface area contributed by atoms with E-state index in [4.69, 9.17) is 0 Å². The summed E-state index contributed by atoms with van der Waals surface area (Å²) in [5.41, 5.74) is 0.786. The topological polar surface area (TPSA) is 92.3 Å². The third-order valence-corrected chi connectivity index (χ3v) is 5.47. The molecule has 0 saturated carbocycles. The van der Waals surface area contributed by atoms with Crippen LogP contribution < -0.4 is 10.2 Å². The summed E-state index contributed by atoms with van der Waals surface area (Å²) >= 11 is 0. The molecule has 2 aromatic rings. The molecule has 2 heterocycles. The number of benzene rings is 1. The van der Waals surface area contributed by atoms with Gasteiger partial charge in [-0.25, -0.2) is 18.4 Å². The summed E-state index contributed by atoms with van der Waals surface area (Å²) in [5.74, 6) is 0.612. The van der Waals surface area contributed by atoms with E-state index in [0.29, 0.717) is 12.5 Å². The van der Waals surface area contributed by atoms with Crippen molar-refractivity contribution in [3.63, 3.8) is 0 Å². The summed E-state index contributed by atoms with van der Waals surface area (Å²) in [6.07, 6.45) is 6.70. The minimum absolute atomic E-state index is 0.0512. The van der Waals surface area contributed by atoms with Gasteiger partial charge in [-0.2, -0.15) is 0 Å². The number of piperidine rings is 1. The van der Waals surface area contributed by atoms with Gasteiger partial charge in [0, 0.05) is 37.8 Å². The molecule has 1 aromatic heterocycles. The van der Waals surface area contributed by atoms with E-state index in [-0.39, 0.29) is 23.3 Å². The average Bonchev–Trinajstić information content (AvgIpc) is 2.62. The maximum atomic E-state index is 12.3. The number of aromatic nitrogens is 2. The van der Waals surface area contributed by atoms with Gasteiger partial charge in [0.05, 0.1) is 11.3 Å². The molecule has 1 aliphatic heterocycles. The highest BCUT2D eigenvalue weighted by molar-refractivity contribution is 7.90. The van der Waals surface area contributed by atoms with Crippen LogP contribution in [0.5, 0.6) is 0 Å². The predicted molar refractivity (Wildman–Crippen MR) is 98.7 cm³/mol. The molecule has 1 saturated heterocycles. The van der Waals surface area contributed by atoms with E-state index in [9.17, 15) is 13.2 Å². The fraction of sp³-hybridized carbons (Fsp3) is 0.389. The van der Waals surface area contributed by atoms with Gasteiger partial charge in [-0.15, -0.1) is 0 Å². The molecule has 0 bridgehead atoms. The van der Waals surface area contributed by atoms with E-state index < -0.39 is 9.84 Å². The first-order chi connectivity index (χ1) is 12.4. The maximum Gasteiger partial charge on any atom is 0.225 e. The Labute approximate surface area is 153 Å². The van der Waals surface area contributed by atoms with Crippen LogP contribution in [0.3, 0.4) is 0 Å². The van der Waals surface area contributed by atoms with Crippen molar-refractivity contribution in [3.8, 4) is 0 Å². The Morgan fingerprint density at radius 3 is 2.58 bits per heavy atom. The van der Waals surface area contributed by atoms with E-state index in [1.807, 2.05) is 0 Å². The lowest BCUT2D eigenvalue weighted by Crippen LogP contribution is -2.48. The third kappa shape index (κ3) is 4.78. The average molecular weight is 374 g/mol. The smallest absolute Gasteiger partial charge is 0.225 e. The minimum atomic E-state index is -3.22. The largest absolute Gasteiger partial charge is 0.351 e. The van der Waals surface area contributed by atoms with Crippen LogP contribution in [0.2, 0.25) is 0 Å². The summed E-state index contributed by atoms with van der Waals surface area (Å²) < 4.78 is 23.0. The van der Waals surface area contributed by atoms with Crippen molar-refractivity contribution in [2.24, 2.45) is 0 Å². The summed E-state index contributed by atoms with van der Waals surface area (Å²) in [7, 11) is -3.22. The fourth-order valence-electron chi connectivity index (χ4n) is 3.05. The maximum absolute atomic E-state index is 12.3. The van der Waals surface area contributed by atoms with Crippen molar-refractivity contribution in [3.05, 3.63) is 48.3 Å². The number of hydrogen-bond acceptors (Lipinski definition) is 6. The molecule has 138 valence electrons. The van der Waals surface area contributed by atoms with Crippen molar-refractivity contribution in [1.29, 1.82) is 0 Å². The van der Waals surface area contributed by atoms with Crippen LogP contribution in [0.4, 0.5) is 5.95 Å². The molecule has 0 spiro atoms. The Morgan fingerprint density at radius 2 is 1.92 bits per heavy atom. The van der Waals surface area contributed by atoms with Gasteiger partial charge < -0.3 is 10.2 Å². The molecule has 1 atom stereocenters. The molecule has 26 heavy (non-hydrogen) atoms. The second-order valence-corrected chi connectivity index (χ2v) is 8.51. The molecule has 1 N–H and O–H groups in total. The van der Waals surface area contributed by atoms with Gasteiger partial charge in [0.1, 0.15) is 0 Å². The number of nitrogens with zero attached hydrogens (tertiary/aromatic N) is 3. The highest BCUT2D eigenvalue weighted by atomic mass is 32.2. The van der Waals surface area contributed by atoms with Crippen molar-refractivity contribution >= 4 is 21.7 Å². The molecule has 0 radical (unpaired) electrons. The third-order valence-electron chi connectivity index (χ3n) is 4.34. The summed E-state index contributed by atoms with van der Waals surface area (Å²) in [4.78, 5) is 23.2. The molecule has 3 rings (SSSR count). The number of carbonyl (C=O) groups excluding carboxylic acids is 1. The lowest BCUT2D eigenvalue weighted by Gasteiger charge is -2.33. The van der Waals surface area contributed by atoms with Crippen molar-refractivity contribution in [1.82, 2.24) is 15.3 Å². The zero-order valence-electron chi connectivity index (χ0n) is 14.6. The molecular formula is C18H22N4O3S. The van der Waals surface area contributed by atoms with Gasteiger partial charge >= 0.3 is 0 Å². The first-order valence-electron chi connectivity index (χ1n) is 8.52. The van der Waals surface area contributed by atoms with Crippen LogP contribution in [-0.2, 0) is 21.1 Å². The molecule has 0 aliphatic carbocycles. The van der Waals surface area contributed by atoms with Crippen LogP contribution in [0.1, 0.15) is 18.4 Å². The predicted octanol–water partition coefficient (Wildman–Crippen LogP) is 1.21. The minimum Gasteiger partial charge on any atom is -0.351 e. The number of sulfone groups is 1. The molecule has 0 unspecified atom stereocenters. The first-order valence-corrected chi connectivity index (χ1v) is 10.4. The number of carbonyl (C=O) groups is 1. The summed E-state index contributed by atoms with van der Waals surface area (Å²) in [6.45, 7) is 1.56. The molecule has 1 aliphatic rings. The number of amides is 1. The van der Waals surface area contributed by atoms with Crippen molar-refractivity contribution in [2.75, 3.05) is 24.2 Å². The lowest BCUT2D eigenvalue weighted by atomic mass is 10.1.